The van der Waals surface area contributed by atoms with Crippen LogP contribution < -0.4 is 0 Å². The van der Waals surface area contributed by atoms with Crippen molar-refractivity contribution in [3.05, 3.63) is 11.6 Å². The van der Waals surface area contributed by atoms with Crippen LogP contribution in [0.15, 0.2) is 11.6 Å². The smallest absolute Gasteiger partial charge is 0.305 e. The van der Waals surface area contributed by atoms with Crippen LogP contribution in [0.5, 0.6) is 0 Å². The van der Waals surface area contributed by atoms with Crippen LogP contribution in [0.2, 0.25) is 0 Å². The molecule has 0 saturated heterocycles. The Morgan fingerprint density at radius 1 is 1.13 bits per heavy atom. The fourth-order valence-electron chi connectivity index (χ4n) is 7.91. The molecular formula is C26H40O4. The second-order valence-electron chi connectivity index (χ2n) is 11.1. The molecule has 0 spiro atoms. The van der Waals surface area contributed by atoms with E-state index in [4.69, 9.17) is 4.74 Å². The molecular weight excluding hydrogens is 376 g/mol. The number of ether oxygens (including phenoxy) is 1. The number of rotatable bonds is 6. The summed E-state index contributed by atoms with van der Waals surface area (Å²) >= 11 is 0. The molecule has 4 rings (SSSR count). The summed E-state index contributed by atoms with van der Waals surface area (Å²) in [7, 11) is 0. The van der Waals surface area contributed by atoms with Crippen molar-refractivity contribution >= 4 is 11.8 Å². The van der Waals surface area contributed by atoms with Crippen LogP contribution in [0.1, 0.15) is 97.8 Å². The van der Waals surface area contributed by atoms with Gasteiger partial charge in [-0.25, -0.2) is 0 Å². The fourth-order valence-corrected chi connectivity index (χ4v) is 7.91. The van der Waals surface area contributed by atoms with Gasteiger partial charge in [0.2, 0.25) is 0 Å². The molecule has 3 fully saturated rings. The number of hydrogen-bond acceptors (Lipinski definition) is 4. The number of hydrogen-bond donors (Lipinski definition) is 1. The van der Waals surface area contributed by atoms with Gasteiger partial charge in [-0.1, -0.05) is 26.3 Å². The van der Waals surface area contributed by atoms with Crippen molar-refractivity contribution in [3.63, 3.8) is 0 Å². The summed E-state index contributed by atoms with van der Waals surface area (Å²) in [5.41, 5.74) is 0.917. The van der Waals surface area contributed by atoms with Crippen molar-refractivity contribution in [2.45, 2.75) is 103 Å². The Hall–Kier alpha value is -1.16. The first-order valence-corrected chi connectivity index (χ1v) is 12.4. The summed E-state index contributed by atoms with van der Waals surface area (Å²) in [5, 5.41) is 11.7. The van der Waals surface area contributed by atoms with E-state index in [0.717, 1.165) is 57.8 Å². The van der Waals surface area contributed by atoms with Gasteiger partial charge in [-0.15, -0.1) is 0 Å². The van der Waals surface area contributed by atoms with E-state index >= 15 is 0 Å². The second-order valence-corrected chi connectivity index (χ2v) is 11.1. The lowest BCUT2D eigenvalue weighted by Crippen LogP contribution is -2.54. The van der Waals surface area contributed by atoms with Gasteiger partial charge in [0.15, 0.2) is 5.78 Å². The van der Waals surface area contributed by atoms with E-state index in [0.29, 0.717) is 43.0 Å². The predicted octanol–water partition coefficient (Wildman–Crippen LogP) is 5.37. The zero-order valence-corrected chi connectivity index (χ0v) is 19.2. The van der Waals surface area contributed by atoms with Crippen molar-refractivity contribution in [2.24, 2.45) is 28.6 Å². The maximum atomic E-state index is 12.0. The first kappa shape index (κ1) is 22.0. The Kier molecular flexibility index (Phi) is 5.93. The molecule has 0 amide bonds. The van der Waals surface area contributed by atoms with Crippen LogP contribution in [0.25, 0.3) is 0 Å². The van der Waals surface area contributed by atoms with E-state index < -0.39 is 5.60 Å². The Morgan fingerprint density at radius 3 is 2.67 bits per heavy atom. The van der Waals surface area contributed by atoms with Gasteiger partial charge in [-0.05, 0) is 98.9 Å². The minimum absolute atomic E-state index is 0.0380. The molecule has 0 radical (unpaired) electrons. The van der Waals surface area contributed by atoms with Gasteiger partial charge in [0.25, 0.3) is 0 Å². The van der Waals surface area contributed by atoms with E-state index in [9.17, 15) is 14.7 Å². The van der Waals surface area contributed by atoms with Crippen LogP contribution in [0.3, 0.4) is 0 Å². The zero-order chi connectivity index (χ0) is 21.6. The SMILES string of the molecule is CCCC(=O)OCCC[C@]1(O)CC[C@H]2[C@@H]3CCC4=CC(=O)CC[C@]4(C)[C@H]3CC[C@@]21C. The van der Waals surface area contributed by atoms with Gasteiger partial charge in [0, 0.05) is 12.8 Å². The van der Waals surface area contributed by atoms with Crippen molar-refractivity contribution < 1.29 is 19.4 Å². The Balaban J connectivity index is 1.44. The van der Waals surface area contributed by atoms with Crippen molar-refractivity contribution in [2.75, 3.05) is 6.61 Å². The Labute approximate surface area is 181 Å². The Morgan fingerprint density at radius 2 is 1.90 bits per heavy atom. The Bertz CT molecular complexity index is 727. The number of carbonyl (C=O) groups is 2. The van der Waals surface area contributed by atoms with E-state index in [1.54, 1.807) is 0 Å². The van der Waals surface area contributed by atoms with E-state index in [1.807, 2.05) is 13.0 Å². The van der Waals surface area contributed by atoms with Crippen LogP contribution >= 0.6 is 0 Å². The molecule has 4 heteroatoms. The zero-order valence-electron chi connectivity index (χ0n) is 19.2. The normalized spacial score (nSPS) is 42.7. The molecule has 0 heterocycles. The molecule has 4 aliphatic rings. The molecule has 0 aliphatic heterocycles. The van der Waals surface area contributed by atoms with Gasteiger partial charge in [-0.3, -0.25) is 9.59 Å². The highest BCUT2D eigenvalue weighted by molar-refractivity contribution is 5.91. The molecule has 4 aliphatic carbocycles. The molecule has 0 unspecified atom stereocenters. The molecule has 30 heavy (non-hydrogen) atoms. The molecule has 3 saturated carbocycles. The largest absolute Gasteiger partial charge is 0.466 e. The molecule has 0 aromatic heterocycles. The average molecular weight is 417 g/mol. The lowest BCUT2D eigenvalue weighted by molar-refractivity contribution is -0.147. The summed E-state index contributed by atoms with van der Waals surface area (Å²) in [6.07, 6.45) is 12.9. The molecule has 0 bridgehead atoms. The number of aliphatic hydroxyl groups is 1. The van der Waals surface area contributed by atoms with Crippen LogP contribution in [-0.2, 0) is 14.3 Å². The highest BCUT2D eigenvalue weighted by Gasteiger charge is 2.63. The number of ketones is 1. The van der Waals surface area contributed by atoms with Crippen LogP contribution in [0.4, 0.5) is 0 Å². The van der Waals surface area contributed by atoms with Gasteiger partial charge in [-0.2, -0.15) is 0 Å². The summed E-state index contributed by atoms with van der Waals surface area (Å²) in [6, 6.07) is 0. The van der Waals surface area contributed by atoms with Crippen LogP contribution in [0, 0.1) is 28.6 Å². The van der Waals surface area contributed by atoms with Gasteiger partial charge >= 0.3 is 5.97 Å². The summed E-state index contributed by atoms with van der Waals surface area (Å²) in [4.78, 5) is 23.6. The summed E-state index contributed by atoms with van der Waals surface area (Å²) < 4.78 is 5.34. The monoisotopic (exact) mass is 416 g/mol. The fraction of sp³-hybridized carbons (Fsp3) is 0.846. The third-order valence-corrected chi connectivity index (χ3v) is 9.74. The molecule has 0 aromatic carbocycles. The summed E-state index contributed by atoms with van der Waals surface area (Å²) in [5.74, 6) is 2.08. The minimum atomic E-state index is -0.640. The molecule has 4 nitrogen and oxygen atoms in total. The predicted molar refractivity (Wildman–Crippen MR) is 117 cm³/mol. The van der Waals surface area contributed by atoms with Gasteiger partial charge in [0.05, 0.1) is 12.2 Å². The topological polar surface area (TPSA) is 63.6 Å². The average Bonchev–Trinajstić information content (AvgIpc) is 2.97. The molecule has 1 N–H and O–H groups in total. The molecule has 168 valence electrons. The molecule has 6 atom stereocenters. The van der Waals surface area contributed by atoms with Crippen molar-refractivity contribution in [1.82, 2.24) is 0 Å². The third-order valence-electron chi connectivity index (χ3n) is 9.74. The van der Waals surface area contributed by atoms with Gasteiger partial charge < -0.3 is 9.84 Å². The maximum Gasteiger partial charge on any atom is 0.305 e. The highest BCUT2D eigenvalue weighted by atomic mass is 16.5. The van der Waals surface area contributed by atoms with E-state index in [1.165, 1.54) is 12.0 Å². The van der Waals surface area contributed by atoms with E-state index in [2.05, 4.69) is 13.8 Å². The van der Waals surface area contributed by atoms with E-state index in [-0.39, 0.29) is 16.8 Å². The quantitative estimate of drug-likeness (QED) is 0.467. The van der Waals surface area contributed by atoms with Crippen LogP contribution in [-0.4, -0.2) is 29.1 Å². The van der Waals surface area contributed by atoms with Gasteiger partial charge in [0.1, 0.15) is 0 Å². The van der Waals surface area contributed by atoms with Crippen molar-refractivity contribution in [1.29, 1.82) is 0 Å². The first-order chi connectivity index (χ1) is 14.2. The highest BCUT2D eigenvalue weighted by Crippen LogP contribution is 2.68. The summed E-state index contributed by atoms with van der Waals surface area (Å²) in [6.45, 7) is 7.16. The standard InChI is InChI=1S/C26H40O4/c1-4-6-23(28)30-16-5-12-26(29)15-11-22-20-8-7-18-17-19(27)9-13-24(18,2)21(20)10-14-25(22,26)3/h17,20-22,29H,4-16H2,1-3H3/t20-,21+,22+,24+,25+,26+/m1/s1. The maximum absolute atomic E-state index is 12.0. The lowest BCUT2D eigenvalue weighted by atomic mass is 9.46. The third kappa shape index (κ3) is 3.47. The number of allylic oxidation sites excluding steroid dienone is 1. The second kappa shape index (κ2) is 8.07. The first-order valence-electron chi connectivity index (χ1n) is 12.4. The number of esters is 1. The molecule has 0 aromatic rings. The lowest BCUT2D eigenvalue weighted by Gasteiger charge is -2.59. The number of fused-ring (bicyclic) bond motifs is 5. The van der Waals surface area contributed by atoms with Crippen molar-refractivity contribution in [3.8, 4) is 0 Å². The number of carbonyl (C=O) groups excluding carboxylic acids is 2. The minimum Gasteiger partial charge on any atom is -0.466 e.